The van der Waals surface area contributed by atoms with Crippen LogP contribution in [0.25, 0.3) is 0 Å². The SMILES string of the molecule is CCOc1ccc(OCCC(=O)ONN)cc1. The predicted octanol–water partition coefficient (Wildman–Crippen LogP) is 0.776. The monoisotopic (exact) mass is 240 g/mol. The van der Waals surface area contributed by atoms with Crippen molar-refractivity contribution in [1.29, 1.82) is 0 Å². The lowest BCUT2D eigenvalue weighted by molar-refractivity contribution is -0.151. The maximum Gasteiger partial charge on any atom is 0.329 e. The van der Waals surface area contributed by atoms with Gasteiger partial charge in [-0.25, -0.2) is 5.84 Å². The van der Waals surface area contributed by atoms with Crippen LogP contribution >= 0.6 is 0 Å². The van der Waals surface area contributed by atoms with E-state index < -0.39 is 5.97 Å². The van der Waals surface area contributed by atoms with Crippen molar-refractivity contribution in [2.24, 2.45) is 5.84 Å². The molecule has 0 atom stereocenters. The van der Waals surface area contributed by atoms with Crippen LogP contribution in [0.5, 0.6) is 11.5 Å². The molecule has 1 rings (SSSR count). The van der Waals surface area contributed by atoms with Gasteiger partial charge in [0.15, 0.2) is 0 Å². The Balaban J connectivity index is 2.29. The summed E-state index contributed by atoms with van der Waals surface area (Å²) < 4.78 is 10.6. The Hall–Kier alpha value is -1.79. The topological polar surface area (TPSA) is 82.8 Å². The van der Waals surface area contributed by atoms with Gasteiger partial charge in [0.1, 0.15) is 11.5 Å². The molecule has 0 amide bonds. The molecule has 6 nitrogen and oxygen atoms in total. The van der Waals surface area contributed by atoms with E-state index in [-0.39, 0.29) is 13.0 Å². The quantitative estimate of drug-likeness (QED) is 0.541. The molecule has 3 N–H and O–H groups in total. The second-order valence-electron chi connectivity index (χ2n) is 3.09. The van der Waals surface area contributed by atoms with E-state index in [1.54, 1.807) is 24.3 Å². The van der Waals surface area contributed by atoms with Crippen molar-refractivity contribution in [1.82, 2.24) is 5.59 Å². The number of hydrogen-bond acceptors (Lipinski definition) is 6. The number of hydrogen-bond donors (Lipinski definition) is 2. The van der Waals surface area contributed by atoms with Gasteiger partial charge in [-0.3, -0.25) is 4.79 Å². The molecular weight excluding hydrogens is 224 g/mol. The van der Waals surface area contributed by atoms with E-state index in [4.69, 9.17) is 15.3 Å². The molecule has 0 aromatic heterocycles. The summed E-state index contributed by atoms with van der Waals surface area (Å²) in [5, 5.41) is 0. The van der Waals surface area contributed by atoms with E-state index in [0.29, 0.717) is 12.4 Å². The molecule has 0 aliphatic heterocycles. The Kier molecular flexibility index (Phi) is 5.84. The number of hydrazine groups is 1. The van der Waals surface area contributed by atoms with E-state index in [0.717, 1.165) is 5.75 Å². The number of carbonyl (C=O) groups excluding carboxylic acids is 1. The molecule has 17 heavy (non-hydrogen) atoms. The fourth-order valence-electron chi connectivity index (χ4n) is 1.17. The Morgan fingerprint density at radius 3 is 2.35 bits per heavy atom. The van der Waals surface area contributed by atoms with Crippen LogP contribution in [0, 0.1) is 0 Å². The number of carbonyl (C=O) groups is 1. The van der Waals surface area contributed by atoms with E-state index in [1.165, 1.54) is 0 Å². The third-order valence-electron chi connectivity index (χ3n) is 1.88. The van der Waals surface area contributed by atoms with Gasteiger partial charge in [-0.1, -0.05) is 5.59 Å². The van der Waals surface area contributed by atoms with Crippen LogP contribution in [0.2, 0.25) is 0 Å². The molecule has 1 aromatic carbocycles. The summed E-state index contributed by atoms with van der Waals surface area (Å²) in [7, 11) is 0. The maximum atomic E-state index is 10.9. The highest BCUT2D eigenvalue weighted by molar-refractivity contribution is 5.69. The van der Waals surface area contributed by atoms with E-state index in [1.807, 2.05) is 12.5 Å². The third-order valence-corrected chi connectivity index (χ3v) is 1.88. The van der Waals surface area contributed by atoms with Crippen molar-refractivity contribution in [3.05, 3.63) is 24.3 Å². The van der Waals surface area contributed by atoms with Gasteiger partial charge in [-0.05, 0) is 31.2 Å². The van der Waals surface area contributed by atoms with Crippen molar-refractivity contribution < 1.29 is 19.1 Å². The van der Waals surface area contributed by atoms with Gasteiger partial charge < -0.3 is 14.3 Å². The van der Waals surface area contributed by atoms with Gasteiger partial charge in [0.05, 0.1) is 19.6 Å². The van der Waals surface area contributed by atoms with Crippen LogP contribution < -0.4 is 20.9 Å². The molecule has 0 spiro atoms. The van der Waals surface area contributed by atoms with E-state index in [9.17, 15) is 4.79 Å². The highest BCUT2D eigenvalue weighted by Gasteiger charge is 2.02. The summed E-state index contributed by atoms with van der Waals surface area (Å²) in [6.45, 7) is 2.77. The molecule has 0 unspecified atom stereocenters. The van der Waals surface area contributed by atoms with Crippen molar-refractivity contribution >= 4 is 5.97 Å². The first-order valence-electron chi connectivity index (χ1n) is 5.27. The summed E-state index contributed by atoms with van der Waals surface area (Å²) in [6, 6.07) is 7.16. The lowest BCUT2D eigenvalue weighted by atomic mass is 10.3. The van der Waals surface area contributed by atoms with Crippen LogP contribution in [0.3, 0.4) is 0 Å². The average molecular weight is 240 g/mol. The van der Waals surface area contributed by atoms with Crippen molar-refractivity contribution in [2.75, 3.05) is 13.2 Å². The Labute approximate surface area is 99.6 Å². The number of nitrogens with one attached hydrogen (secondary N) is 1. The van der Waals surface area contributed by atoms with E-state index in [2.05, 4.69) is 4.84 Å². The Morgan fingerprint density at radius 1 is 1.24 bits per heavy atom. The molecule has 0 aliphatic rings. The smallest absolute Gasteiger partial charge is 0.329 e. The fourth-order valence-corrected chi connectivity index (χ4v) is 1.17. The molecule has 1 aromatic rings. The summed E-state index contributed by atoms with van der Waals surface area (Å²) in [4.78, 5) is 15.2. The first kappa shape index (κ1) is 13.3. The molecule has 0 fully saturated rings. The van der Waals surface area contributed by atoms with Crippen molar-refractivity contribution in [2.45, 2.75) is 13.3 Å². The molecule has 0 saturated heterocycles. The van der Waals surface area contributed by atoms with Crippen LogP contribution in [0.4, 0.5) is 0 Å². The zero-order chi connectivity index (χ0) is 12.5. The van der Waals surface area contributed by atoms with Gasteiger partial charge in [0.2, 0.25) is 0 Å². The molecule has 6 heteroatoms. The predicted molar refractivity (Wildman–Crippen MR) is 61.1 cm³/mol. The van der Waals surface area contributed by atoms with Gasteiger partial charge in [0, 0.05) is 0 Å². The van der Waals surface area contributed by atoms with Crippen LogP contribution in [-0.4, -0.2) is 19.2 Å². The van der Waals surface area contributed by atoms with Gasteiger partial charge in [-0.15, -0.1) is 0 Å². The minimum atomic E-state index is -0.474. The lowest BCUT2D eigenvalue weighted by Gasteiger charge is -2.07. The third kappa shape index (κ3) is 5.19. The normalized spacial score (nSPS) is 9.76. The minimum absolute atomic E-state index is 0.122. The second kappa shape index (κ2) is 7.48. The number of benzene rings is 1. The first-order valence-corrected chi connectivity index (χ1v) is 5.27. The summed E-state index contributed by atoms with van der Waals surface area (Å²) in [6.07, 6.45) is 0.122. The van der Waals surface area contributed by atoms with Crippen LogP contribution in [-0.2, 0) is 9.63 Å². The zero-order valence-electron chi connectivity index (χ0n) is 9.64. The summed E-state index contributed by atoms with van der Waals surface area (Å²) >= 11 is 0. The van der Waals surface area contributed by atoms with Crippen molar-refractivity contribution in [3.63, 3.8) is 0 Å². The van der Waals surface area contributed by atoms with Gasteiger partial charge >= 0.3 is 5.97 Å². The molecule has 0 radical (unpaired) electrons. The largest absolute Gasteiger partial charge is 0.494 e. The highest BCUT2D eigenvalue weighted by atomic mass is 16.7. The minimum Gasteiger partial charge on any atom is -0.494 e. The highest BCUT2D eigenvalue weighted by Crippen LogP contribution is 2.17. The number of nitrogens with two attached hydrogens (primary N) is 1. The second-order valence-corrected chi connectivity index (χ2v) is 3.09. The fraction of sp³-hybridized carbons (Fsp3) is 0.364. The van der Waals surface area contributed by atoms with Gasteiger partial charge in [0.25, 0.3) is 0 Å². The Morgan fingerprint density at radius 2 is 1.82 bits per heavy atom. The zero-order valence-corrected chi connectivity index (χ0v) is 9.64. The standard InChI is InChI=1S/C11H16N2O4/c1-2-15-9-3-5-10(6-4-9)16-8-7-11(14)17-13-12/h3-6,13H,2,7-8,12H2,1H3. The van der Waals surface area contributed by atoms with Crippen molar-refractivity contribution in [3.8, 4) is 11.5 Å². The number of rotatable bonds is 7. The molecule has 0 saturated carbocycles. The molecular formula is C11H16N2O4. The maximum absolute atomic E-state index is 10.9. The van der Waals surface area contributed by atoms with Crippen LogP contribution in [0.15, 0.2) is 24.3 Å². The van der Waals surface area contributed by atoms with Crippen LogP contribution in [0.1, 0.15) is 13.3 Å². The van der Waals surface area contributed by atoms with Gasteiger partial charge in [-0.2, -0.15) is 0 Å². The average Bonchev–Trinajstić information content (AvgIpc) is 2.32. The number of ether oxygens (including phenoxy) is 2. The summed E-state index contributed by atoms with van der Waals surface area (Å²) in [5.41, 5.74) is 1.82. The molecule has 0 aliphatic carbocycles. The molecule has 94 valence electrons. The van der Waals surface area contributed by atoms with E-state index >= 15 is 0 Å². The lowest BCUT2D eigenvalue weighted by Crippen LogP contribution is -2.26. The molecule has 0 bridgehead atoms. The molecule has 0 heterocycles. The Bertz CT molecular complexity index is 340. The first-order chi connectivity index (χ1) is 8.26. The summed E-state index contributed by atoms with van der Waals surface area (Å²) in [5.74, 6) is 5.79.